The molecule has 4 heterocycles. The van der Waals surface area contributed by atoms with E-state index in [4.69, 9.17) is 9.15 Å². The second-order valence-electron chi connectivity index (χ2n) is 6.77. The number of nitrogens with one attached hydrogen (secondary N) is 1. The fourth-order valence-corrected chi connectivity index (χ4v) is 3.66. The summed E-state index contributed by atoms with van der Waals surface area (Å²) in [5.41, 5.74) is 0.585. The molecule has 7 heteroatoms. The Hall–Kier alpha value is -2.28. The average Bonchev–Trinajstić information content (AvgIpc) is 3.24. The Morgan fingerprint density at radius 3 is 2.96 bits per heavy atom. The van der Waals surface area contributed by atoms with Gasteiger partial charge in [0.05, 0.1) is 13.1 Å². The summed E-state index contributed by atoms with van der Waals surface area (Å²) in [5, 5.41) is 6.86. The molecule has 24 heavy (non-hydrogen) atoms. The van der Waals surface area contributed by atoms with Crippen LogP contribution in [0.15, 0.2) is 28.8 Å². The highest BCUT2D eigenvalue weighted by Crippen LogP contribution is 2.33. The van der Waals surface area contributed by atoms with Gasteiger partial charge in [-0.2, -0.15) is 5.10 Å². The molecule has 2 fully saturated rings. The maximum Gasteiger partial charge on any atom is 0.410 e. The van der Waals surface area contributed by atoms with E-state index < -0.39 is 0 Å². The van der Waals surface area contributed by atoms with Gasteiger partial charge in [-0.1, -0.05) is 0 Å². The van der Waals surface area contributed by atoms with Crippen LogP contribution in [0, 0.1) is 0 Å². The fraction of sp³-hybridized carbons (Fsp3) is 0.529. The minimum Gasteiger partial charge on any atom is -0.458 e. The average molecular weight is 330 g/mol. The molecule has 4 rings (SSSR count). The Bertz CT molecular complexity index is 711. The Balaban J connectivity index is 1.39. The number of carbonyl (C=O) groups is 1. The van der Waals surface area contributed by atoms with E-state index in [-0.39, 0.29) is 11.7 Å². The van der Waals surface area contributed by atoms with Crippen molar-refractivity contribution in [3.8, 4) is 11.5 Å². The Labute approximate surface area is 140 Å². The standard InChI is InChI=1S/C17H22N4O3/c1-20-12-17(24-16(20)22)6-2-9-21(10-7-17)11-13-3-4-15(23-13)14-5-8-18-19-14/h3-5,8H,2,6-7,9-12H2,1H3,(H,18,19). The van der Waals surface area contributed by atoms with E-state index in [1.807, 2.05) is 18.2 Å². The number of likely N-dealkylation sites (tertiary alicyclic amines) is 1. The lowest BCUT2D eigenvalue weighted by atomic mass is 9.95. The van der Waals surface area contributed by atoms with Crippen LogP contribution < -0.4 is 0 Å². The van der Waals surface area contributed by atoms with Crippen molar-refractivity contribution >= 4 is 6.09 Å². The number of aromatic amines is 1. The first-order chi connectivity index (χ1) is 11.6. The monoisotopic (exact) mass is 330 g/mol. The lowest BCUT2D eigenvalue weighted by Crippen LogP contribution is -2.35. The molecule has 1 atom stereocenters. The van der Waals surface area contributed by atoms with Gasteiger partial charge in [-0.3, -0.25) is 10.00 Å². The van der Waals surface area contributed by atoms with Gasteiger partial charge in [0.1, 0.15) is 17.1 Å². The van der Waals surface area contributed by atoms with E-state index in [2.05, 4.69) is 15.1 Å². The topological polar surface area (TPSA) is 74.6 Å². The first-order valence-corrected chi connectivity index (χ1v) is 8.39. The summed E-state index contributed by atoms with van der Waals surface area (Å²) >= 11 is 0. The summed E-state index contributed by atoms with van der Waals surface area (Å²) < 4.78 is 11.6. The molecule has 0 aromatic carbocycles. The number of rotatable bonds is 3. The molecule has 0 bridgehead atoms. The van der Waals surface area contributed by atoms with Crippen LogP contribution in [0.5, 0.6) is 0 Å². The van der Waals surface area contributed by atoms with Crippen molar-refractivity contribution in [2.75, 3.05) is 26.7 Å². The van der Waals surface area contributed by atoms with Crippen LogP contribution in [0.1, 0.15) is 25.0 Å². The van der Waals surface area contributed by atoms with Gasteiger partial charge in [0.15, 0.2) is 5.76 Å². The van der Waals surface area contributed by atoms with Gasteiger partial charge in [0.25, 0.3) is 0 Å². The summed E-state index contributed by atoms with van der Waals surface area (Å²) in [6.07, 6.45) is 4.34. The number of H-pyrrole nitrogens is 1. The van der Waals surface area contributed by atoms with Crippen molar-refractivity contribution in [2.45, 2.75) is 31.4 Å². The number of nitrogens with zero attached hydrogens (tertiary/aromatic N) is 3. The van der Waals surface area contributed by atoms with Gasteiger partial charge in [-0.05, 0) is 37.6 Å². The molecule has 2 aliphatic heterocycles. The zero-order valence-corrected chi connectivity index (χ0v) is 13.8. The van der Waals surface area contributed by atoms with Crippen molar-refractivity contribution in [1.29, 1.82) is 0 Å². The number of carbonyl (C=O) groups excluding carboxylic acids is 1. The molecule has 2 aromatic rings. The summed E-state index contributed by atoms with van der Waals surface area (Å²) in [4.78, 5) is 15.8. The first-order valence-electron chi connectivity index (χ1n) is 8.39. The van der Waals surface area contributed by atoms with Crippen molar-refractivity contribution in [1.82, 2.24) is 20.0 Å². The SMILES string of the molecule is CN1CC2(CCCN(Cc3ccc(-c4ccn[nH]4)o3)CC2)OC1=O. The van der Waals surface area contributed by atoms with E-state index >= 15 is 0 Å². The third-order valence-electron chi connectivity index (χ3n) is 4.94. The first kappa shape index (κ1) is 15.3. The summed E-state index contributed by atoms with van der Waals surface area (Å²) in [6.45, 7) is 3.36. The molecular formula is C17H22N4O3. The number of aromatic nitrogens is 2. The Kier molecular flexibility index (Phi) is 3.80. The van der Waals surface area contributed by atoms with Crippen LogP contribution in [-0.2, 0) is 11.3 Å². The predicted octanol–water partition coefficient (Wildman–Crippen LogP) is 2.48. The molecule has 128 valence electrons. The van der Waals surface area contributed by atoms with Crippen LogP contribution in [0.3, 0.4) is 0 Å². The highest BCUT2D eigenvalue weighted by atomic mass is 16.6. The van der Waals surface area contributed by atoms with E-state index in [9.17, 15) is 4.79 Å². The molecule has 2 saturated heterocycles. The number of amides is 1. The Morgan fingerprint density at radius 1 is 1.29 bits per heavy atom. The normalized spacial score (nSPS) is 25.2. The largest absolute Gasteiger partial charge is 0.458 e. The molecule has 1 spiro atoms. The zero-order valence-electron chi connectivity index (χ0n) is 13.8. The second kappa shape index (κ2) is 5.98. The van der Waals surface area contributed by atoms with Crippen molar-refractivity contribution in [3.63, 3.8) is 0 Å². The van der Waals surface area contributed by atoms with E-state index in [1.165, 1.54) is 0 Å². The molecule has 1 amide bonds. The van der Waals surface area contributed by atoms with Crippen molar-refractivity contribution < 1.29 is 13.9 Å². The van der Waals surface area contributed by atoms with Gasteiger partial charge >= 0.3 is 6.09 Å². The summed E-state index contributed by atoms with van der Waals surface area (Å²) in [6, 6.07) is 5.87. The molecular weight excluding hydrogens is 308 g/mol. The van der Waals surface area contributed by atoms with Gasteiger partial charge in [-0.25, -0.2) is 4.79 Å². The van der Waals surface area contributed by atoms with E-state index in [0.717, 1.165) is 56.1 Å². The molecule has 1 N–H and O–H groups in total. The third-order valence-corrected chi connectivity index (χ3v) is 4.94. The predicted molar refractivity (Wildman–Crippen MR) is 87.3 cm³/mol. The molecule has 2 aliphatic rings. The van der Waals surface area contributed by atoms with Gasteiger partial charge in [0.2, 0.25) is 0 Å². The minimum absolute atomic E-state index is 0.196. The van der Waals surface area contributed by atoms with Crippen LogP contribution in [0.25, 0.3) is 11.5 Å². The van der Waals surface area contributed by atoms with Gasteiger partial charge < -0.3 is 14.1 Å². The van der Waals surface area contributed by atoms with Gasteiger partial charge in [-0.15, -0.1) is 0 Å². The Morgan fingerprint density at radius 2 is 2.21 bits per heavy atom. The second-order valence-corrected chi connectivity index (χ2v) is 6.77. The number of hydrogen-bond acceptors (Lipinski definition) is 5. The quantitative estimate of drug-likeness (QED) is 0.936. The number of ether oxygens (including phenoxy) is 1. The number of furan rings is 1. The van der Waals surface area contributed by atoms with E-state index in [0.29, 0.717) is 6.54 Å². The molecule has 0 saturated carbocycles. The van der Waals surface area contributed by atoms with Crippen molar-refractivity contribution in [3.05, 3.63) is 30.2 Å². The van der Waals surface area contributed by atoms with Crippen LogP contribution in [-0.4, -0.2) is 58.4 Å². The van der Waals surface area contributed by atoms with Gasteiger partial charge in [0, 0.05) is 26.2 Å². The molecule has 1 unspecified atom stereocenters. The van der Waals surface area contributed by atoms with E-state index in [1.54, 1.807) is 18.1 Å². The lowest BCUT2D eigenvalue weighted by molar-refractivity contribution is 0.0441. The molecule has 0 aliphatic carbocycles. The summed E-state index contributed by atoms with van der Waals surface area (Å²) in [7, 11) is 1.81. The number of hydrogen-bond donors (Lipinski definition) is 1. The molecule has 2 aromatic heterocycles. The number of likely N-dealkylation sites (N-methyl/N-ethyl adjacent to an activating group) is 1. The smallest absolute Gasteiger partial charge is 0.410 e. The molecule has 0 radical (unpaired) electrons. The van der Waals surface area contributed by atoms with Crippen LogP contribution in [0.2, 0.25) is 0 Å². The van der Waals surface area contributed by atoms with Crippen LogP contribution in [0.4, 0.5) is 4.79 Å². The highest BCUT2D eigenvalue weighted by Gasteiger charge is 2.44. The third kappa shape index (κ3) is 2.91. The molecule has 7 nitrogen and oxygen atoms in total. The fourth-order valence-electron chi connectivity index (χ4n) is 3.66. The van der Waals surface area contributed by atoms with Crippen LogP contribution >= 0.6 is 0 Å². The zero-order chi connectivity index (χ0) is 16.6. The lowest BCUT2D eigenvalue weighted by Gasteiger charge is -2.25. The maximum absolute atomic E-state index is 11.7. The summed E-state index contributed by atoms with van der Waals surface area (Å²) in [5.74, 6) is 1.75. The maximum atomic E-state index is 11.7. The minimum atomic E-state index is -0.301. The van der Waals surface area contributed by atoms with Crippen molar-refractivity contribution in [2.24, 2.45) is 0 Å². The highest BCUT2D eigenvalue weighted by molar-refractivity contribution is 5.70.